The van der Waals surface area contributed by atoms with E-state index < -0.39 is 11.6 Å². The van der Waals surface area contributed by atoms with Gasteiger partial charge in [0.2, 0.25) is 0 Å². The van der Waals surface area contributed by atoms with Gasteiger partial charge in [-0.3, -0.25) is 0 Å². The molecule has 1 N–H and O–H groups in total. The summed E-state index contributed by atoms with van der Waals surface area (Å²) >= 11 is 0. The van der Waals surface area contributed by atoms with Crippen LogP contribution in [0.1, 0.15) is 11.3 Å². The second kappa shape index (κ2) is 4.88. The number of hydrogen-bond acceptors (Lipinski definition) is 2. The first-order valence-corrected chi connectivity index (χ1v) is 5.35. The van der Waals surface area contributed by atoms with E-state index >= 15 is 0 Å². The molecule has 0 aliphatic rings. The van der Waals surface area contributed by atoms with Crippen LogP contribution < -0.4 is 5.32 Å². The Kier molecular flexibility index (Phi) is 3.28. The molecule has 5 heteroatoms. The summed E-state index contributed by atoms with van der Waals surface area (Å²) in [5, 5.41) is 11.5. The summed E-state index contributed by atoms with van der Waals surface area (Å²) in [7, 11) is 1.74. The predicted octanol–water partition coefficient (Wildman–Crippen LogP) is 2.79. The summed E-state index contributed by atoms with van der Waals surface area (Å²) in [4.78, 5) is 0. The van der Waals surface area contributed by atoms with E-state index in [0.29, 0.717) is 5.69 Å². The van der Waals surface area contributed by atoms with E-state index in [1.807, 2.05) is 6.07 Å². The summed E-state index contributed by atoms with van der Waals surface area (Å²) in [6.07, 6.45) is 1.74. The molecule has 92 valence electrons. The standard InChI is InChI=1S/C13H11F2N3/c1-18-8-9(5-10(18)6-16)7-17-13-11(14)3-2-4-12(13)15/h2-5,8,17H,7H2,1H3. The maximum Gasteiger partial charge on any atom is 0.149 e. The molecule has 0 unspecified atom stereocenters. The topological polar surface area (TPSA) is 40.8 Å². The second-order valence-corrected chi connectivity index (χ2v) is 3.91. The second-order valence-electron chi connectivity index (χ2n) is 3.91. The molecule has 0 bridgehead atoms. The Morgan fingerprint density at radius 2 is 2.00 bits per heavy atom. The Hall–Kier alpha value is -2.35. The highest BCUT2D eigenvalue weighted by molar-refractivity contribution is 5.46. The van der Waals surface area contributed by atoms with Gasteiger partial charge in [0.1, 0.15) is 29.1 Å². The fourth-order valence-corrected chi connectivity index (χ4v) is 1.70. The molecule has 0 atom stereocenters. The molecule has 2 aromatic rings. The average molecular weight is 247 g/mol. The zero-order valence-corrected chi connectivity index (χ0v) is 9.74. The molecule has 0 amide bonds. The monoisotopic (exact) mass is 247 g/mol. The van der Waals surface area contributed by atoms with E-state index in [-0.39, 0.29) is 12.2 Å². The van der Waals surface area contributed by atoms with Gasteiger partial charge in [-0.15, -0.1) is 0 Å². The lowest BCUT2D eigenvalue weighted by Crippen LogP contribution is -2.03. The van der Waals surface area contributed by atoms with Crippen LogP contribution in [-0.4, -0.2) is 4.57 Å². The Balaban J connectivity index is 2.14. The minimum atomic E-state index is -0.633. The van der Waals surface area contributed by atoms with Crippen molar-refractivity contribution in [3.8, 4) is 6.07 Å². The van der Waals surface area contributed by atoms with Crippen molar-refractivity contribution in [1.82, 2.24) is 4.57 Å². The van der Waals surface area contributed by atoms with Gasteiger partial charge in [0.25, 0.3) is 0 Å². The number of hydrogen-bond donors (Lipinski definition) is 1. The van der Waals surface area contributed by atoms with E-state index in [1.165, 1.54) is 18.2 Å². The first-order chi connectivity index (χ1) is 8.61. The van der Waals surface area contributed by atoms with Crippen molar-refractivity contribution < 1.29 is 8.78 Å². The minimum Gasteiger partial charge on any atom is -0.376 e. The largest absolute Gasteiger partial charge is 0.376 e. The SMILES string of the molecule is Cn1cc(CNc2c(F)cccc2F)cc1C#N. The molecule has 2 rings (SSSR count). The van der Waals surface area contributed by atoms with Crippen molar-refractivity contribution in [2.75, 3.05) is 5.32 Å². The lowest BCUT2D eigenvalue weighted by atomic mass is 10.2. The number of nitriles is 1. The van der Waals surface area contributed by atoms with E-state index in [1.54, 1.807) is 23.9 Å². The van der Waals surface area contributed by atoms with Gasteiger partial charge in [-0.2, -0.15) is 5.26 Å². The smallest absolute Gasteiger partial charge is 0.149 e. The maximum atomic E-state index is 13.3. The normalized spacial score (nSPS) is 10.1. The number of anilines is 1. The zero-order valence-electron chi connectivity index (χ0n) is 9.74. The number of benzene rings is 1. The van der Waals surface area contributed by atoms with Crippen molar-refractivity contribution in [2.24, 2.45) is 7.05 Å². The van der Waals surface area contributed by atoms with Crippen LogP contribution >= 0.6 is 0 Å². The van der Waals surface area contributed by atoms with Gasteiger partial charge < -0.3 is 9.88 Å². The third kappa shape index (κ3) is 2.33. The molecule has 1 heterocycles. The average Bonchev–Trinajstić information content (AvgIpc) is 2.69. The van der Waals surface area contributed by atoms with Crippen molar-refractivity contribution in [2.45, 2.75) is 6.54 Å². The number of aryl methyl sites for hydroxylation is 1. The third-order valence-corrected chi connectivity index (χ3v) is 2.61. The van der Waals surface area contributed by atoms with Crippen LogP contribution in [0.2, 0.25) is 0 Å². The molecule has 0 fully saturated rings. The van der Waals surface area contributed by atoms with Crippen molar-refractivity contribution in [3.63, 3.8) is 0 Å². The fraction of sp³-hybridized carbons (Fsp3) is 0.154. The highest BCUT2D eigenvalue weighted by Gasteiger charge is 2.08. The Morgan fingerprint density at radius 3 is 2.56 bits per heavy atom. The van der Waals surface area contributed by atoms with Gasteiger partial charge in [-0.1, -0.05) is 6.07 Å². The van der Waals surface area contributed by atoms with E-state index in [4.69, 9.17) is 5.26 Å². The van der Waals surface area contributed by atoms with Crippen LogP contribution in [0.25, 0.3) is 0 Å². The summed E-state index contributed by atoms with van der Waals surface area (Å²) in [5.41, 5.74) is 1.14. The maximum absolute atomic E-state index is 13.3. The molecule has 0 spiro atoms. The Labute approximate surface area is 103 Å². The predicted molar refractivity (Wildman–Crippen MR) is 63.8 cm³/mol. The number of nitrogens with zero attached hydrogens (tertiary/aromatic N) is 2. The summed E-state index contributed by atoms with van der Waals surface area (Å²) < 4.78 is 28.3. The van der Waals surface area contributed by atoms with E-state index in [2.05, 4.69) is 5.32 Å². The molecule has 0 aliphatic heterocycles. The van der Waals surface area contributed by atoms with Gasteiger partial charge in [0.05, 0.1) is 0 Å². The van der Waals surface area contributed by atoms with Crippen LogP contribution in [-0.2, 0) is 13.6 Å². The molecule has 1 aromatic carbocycles. The molecule has 3 nitrogen and oxygen atoms in total. The van der Waals surface area contributed by atoms with Crippen molar-refractivity contribution in [1.29, 1.82) is 5.26 Å². The van der Waals surface area contributed by atoms with Crippen molar-refractivity contribution in [3.05, 3.63) is 53.4 Å². The van der Waals surface area contributed by atoms with Gasteiger partial charge in [-0.25, -0.2) is 8.78 Å². The van der Waals surface area contributed by atoms with Crippen LogP contribution in [0.15, 0.2) is 30.5 Å². The Bertz CT molecular complexity index is 591. The summed E-state index contributed by atoms with van der Waals surface area (Å²) in [5.74, 6) is -1.27. The zero-order chi connectivity index (χ0) is 13.1. The molecule has 0 saturated heterocycles. The number of aromatic nitrogens is 1. The van der Waals surface area contributed by atoms with Crippen LogP contribution in [0.5, 0.6) is 0 Å². The fourth-order valence-electron chi connectivity index (χ4n) is 1.70. The van der Waals surface area contributed by atoms with Gasteiger partial charge >= 0.3 is 0 Å². The third-order valence-electron chi connectivity index (χ3n) is 2.61. The lowest BCUT2D eigenvalue weighted by molar-refractivity contribution is 0.588. The van der Waals surface area contributed by atoms with E-state index in [0.717, 1.165) is 5.56 Å². The molecule has 0 radical (unpaired) electrons. The molecular weight excluding hydrogens is 236 g/mol. The lowest BCUT2D eigenvalue weighted by Gasteiger charge is -2.07. The quantitative estimate of drug-likeness (QED) is 0.906. The van der Waals surface area contributed by atoms with Gasteiger partial charge in [0.15, 0.2) is 0 Å². The number of para-hydroxylation sites is 1. The molecule has 0 aliphatic carbocycles. The molecule has 1 aromatic heterocycles. The number of halogens is 2. The van der Waals surface area contributed by atoms with Crippen molar-refractivity contribution >= 4 is 5.69 Å². The summed E-state index contributed by atoms with van der Waals surface area (Å²) in [6.45, 7) is 0.257. The minimum absolute atomic E-state index is 0.153. The number of rotatable bonds is 3. The molecule has 0 saturated carbocycles. The van der Waals surface area contributed by atoms with E-state index in [9.17, 15) is 8.78 Å². The van der Waals surface area contributed by atoms with Crippen LogP contribution in [0.3, 0.4) is 0 Å². The first-order valence-electron chi connectivity index (χ1n) is 5.35. The van der Waals surface area contributed by atoms with Gasteiger partial charge in [0, 0.05) is 19.8 Å². The van der Waals surface area contributed by atoms with Crippen LogP contribution in [0.4, 0.5) is 14.5 Å². The first kappa shape index (κ1) is 12.1. The summed E-state index contributed by atoms with van der Waals surface area (Å²) in [6, 6.07) is 7.39. The highest BCUT2D eigenvalue weighted by Crippen LogP contribution is 2.19. The highest BCUT2D eigenvalue weighted by atomic mass is 19.1. The Morgan fingerprint density at radius 1 is 1.33 bits per heavy atom. The van der Waals surface area contributed by atoms with Gasteiger partial charge in [-0.05, 0) is 23.8 Å². The molecule has 18 heavy (non-hydrogen) atoms. The molecular formula is C13H11F2N3. The number of nitrogens with one attached hydrogen (secondary N) is 1. The van der Waals surface area contributed by atoms with Crippen LogP contribution in [0, 0.1) is 23.0 Å².